The van der Waals surface area contributed by atoms with Gasteiger partial charge in [0.25, 0.3) is 0 Å². The molecule has 7 atom stereocenters. The fraction of sp³-hybridized carbons (Fsp3) is 0.917. The number of amides is 1. The largest absolute Gasteiger partial charge is 0.397 e. The Kier molecular flexibility index (Phi) is 47.8. The first kappa shape index (κ1) is 69.6. The lowest BCUT2D eigenvalue weighted by Gasteiger charge is -2.41. The summed E-state index contributed by atoms with van der Waals surface area (Å²) in [6.45, 7) is 3.44. The number of aliphatic hydroxyl groups is 4. The Bertz CT molecular complexity index is 1380. The molecule has 1 aliphatic heterocycles. The third-order valence-electron chi connectivity index (χ3n) is 14.7. The summed E-state index contributed by atoms with van der Waals surface area (Å²) in [5, 5.41) is 45.0. The van der Waals surface area contributed by atoms with Crippen LogP contribution in [0.3, 0.4) is 0 Å². The van der Waals surface area contributed by atoms with Crippen LogP contribution in [-0.2, 0) is 28.9 Å². The highest BCUT2D eigenvalue weighted by molar-refractivity contribution is 7.80. The van der Waals surface area contributed by atoms with Gasteiger partial charge in [-0.15, -0.1) is 0 Å². The van der Waals surface area contributed by atoms with Crippen LogP contribution in [-0.4, -0.2) is 95.4 Å². The molecule has 0 aromatic heterocycles. The van der Waals surface area contributed by atoms with E-state index < -0.39 is 59.9 Å². The number of aliphatic hydroxyl groups excluding tert-OH is 4. The van der Waals surface area contributed by atoms with E-state index in [1.54, 1.807) is 6.08 Å². The van der Waals surface area contributed by atoms with E-state index in [0.29, 0.717) is 6.42 Å². The van der Waals surface area contributed by atoms with E-state index in [0.717, 1.165) is 44.9 Å². The molecule has 1 aliphatic rings. The molecule has 13 heteroatoms. The lowest BCUT2D eigenvalue weighted by molar-refractivity contribution is -0.298. The molecule has 12 nitrogen and oxygen atoms in total. The average molecular weight is 1060 g/mol. The maximum atomic E-state index is 13.1. The van der Waals surface area contributed by atoms with E-state index in [1.807, 2.05) is 6.08 Å². The van der Waals surface area contributed by atoms with Crippen LogP contribution >= 0.6 is 0 Å². The van der Waals surface area contributed by atoms with E-state index in [4.69, 9.17) is 9.47 Å². The number of allylic oxidation sites excluding steroid dienone is 3. The van der Waals surface area contributed by atoms with Gasteiger partial charge in [0.1, 0.15) is 24.4 Å². The van der Waals surface area contributed by atoms with Crippen molar-refractivity contribution >= 4 is 16.3 Å². The van der Waals surface area contributed by atoms with Crippen LogP contribution in [0.5, 0.6) is 0 Å². The summed E-state index contributed by atoms with van der Waals surface area (Å²) in [6, 6.07) is -0.946. The molecule has 0 saturated carbocycles. The Morgan fingerprint density at radius 3 is 1.23 bits per heavy atom. The van der Waals surface area contributed by atoms with Crippen molar-refractivity contribution < 1.29 is 51.8 Å². The zero-order valence-electron chi connectivity index (χ0n) is 47.0. The molecule has 0 bridgehead atoms. The summed E-state index contributed by atoms with van der Waals surface area (Å²) in [5.41, 5.74) is 0. The van der Waals surface area contributed by atoms with Gasteiger partial charge >= 0.3 is 10.4 Å². The molecular weight excluding hydrogens is 943 g/mol. The minimum atomic E-state index is -5.09. The van der Waals surface area contributed by atoms with Crippen LogP contribution in [0.4, 0.5) is 0 Å². The number of carbonyl (C=O) groups is 1. The Morgan fingerprint density at radius 1 is 0.534 bits per heavy atom. The molecule has 7 unspecified atom stereocenters. The summed E-state index contributed by atoms with van der Waals surface area (Å²) in [4.78, 5) is 13.1. The fourth-order valence-corrected chi connectivity index (χ4v) is 10.5. The second-order valence-corrected chi connectivity index (χ2v) is 22.7. The van der Waals surface area contributed by atoms with Crippen LogP contribution in [0.2, 0.25) is 0 Å². The third kappa shape index (κ3) is 42.3. The lowest BCUT2D eigenvalue weighted by atomic mass is 9.99. The number of hydrogen-bond acceptors (Lipinski definition) is 10. The highest BCUT2D eigenvalue weighted by Crippen LogP contribution is 2.26. The Balaban J connectivity index is 2.35. The first-order valence-electron chi connectivity index (χ1n) is 30.7. The van der Waals surface area contributed by atoms with Crippen LogP contribution < -0.4 is 5.32 Å². The maximum absolute atomic E-state index is 13.1. The quantitative estimate of drug-likeness (QED) is 0.0193. The fourth-order valence-electron chi connectivity index (χ4n) is 9.98. The third-order valence-corrected chi connectivity index (χ3v) is 15.2. The van der Waals surface area contributed by atoms with E-state index in [2.05, 4.69) is 35.5 Å². The second-order valence-electron chi connectivity index (χ2n) is 21.6. The van der Waals surface area contributed by atoms with Crippen LogP contribution in [0.15, 0.2) is 24.3 Å². The summed E-state index contributed by atoms with van der Waals surface area (Å²) in [7, 11) is -5.09. The Hall–Kier alpha value is -1.42. The minimum Gasteiger partial charge on any atom is -0.394 e. The molecule has 1 saturated heterocycles. The van der Waals surface area contributed by atoms with Crippen molar-refractivity contribution in [2.45, 2.75) is 339 Å². The van der Waals surface area contributed by atoms with Gasteiger partial charge in [-0.05, 0) is 44.9 Å². The number of ether oxygens (including phenoxy) is 2. The van der Waals surface area contributed by atoms with Crippen molar-refractivity contribution in [2.75, 3.05) is 13.2 Å². The minimum absolute atomic E-state index is 0.262. The zero-order valence-corrected chi connectivity index (χ0v) is 47.8. The van der Waals surface area contributed by atoms with Gasteiger partial charge in [0.2, 0.25) is 5.91 Å². The van der Waals surface area contributed by atoms with E-state index in [1.165, 1.54) is 225 Å². The van der Waals surface area contributed by atoms with Crippen molar-refractivity contribution in [3.63, 3.8) is 0 Å². The van der Waals surface area contributed by atoms with Crippen molar-refractivity contribution in [3.8, 4) is 0 Å². The molecule has 0 radical (unpaired) electrons. The van der Waals surface area contributed by atoms with Gasteiger partial charge in [0.05, 0.1) is 25.4 Å². The highest BCUT2D eigenvalue weighted by atomic mass is 32.3. The van der Waals surface area contributed by atoms with Crippen LogP contribution in [0, 0.1) is 0 Å². The van der Waals surface area contributed by atoms with Gasteiger partial charge < -0.3 is 35.2 Å². The Morgan fingerprint density at radius 2 is 0.877 bits per heavy atom. The summed E-state index contributed by atoms with van der Waals surface area (Å²) in [5.74, 6) is -0.262. The molecule has 1 heterocycles. The van der Waals surface area contributed by atoms with Gasteiger partial charge in [-0.1, -0.05) is 269 Å². The van der Waals surface area contributed by atoms with E-state index in [-0.39, 0.29) is 18.9 Å². The standard InChI is InChI=1S/C60H115NO11S/c1-3-5-7-9-11-13-15-17-19-21-23-25-27-28-29-31-33-35-37-39-41-43-45-47-49-54(63)53(52-70-60-58(66)59(72-73(67,68)69)57(65)55(51-62)71-60)61-56(64)50-48-46-44-42-40-38-36-34-32-30-26-24-22-20-18-16-14-12-10-8-6-4-2/h30,32,47,49,53-55,57-60,62-63,65-66H,3-29,31,33-46,48,50-52H2,1-2H3,(H,61,64)(H,67,68,69)/b32-30-,49-47+. The Labute approximate surface area is 448 Å². The molecule has 0 aromatic carbocycles. The monoisotopic (exact) mass is 1060 g/mol. The first-order chi connectivity index (χ1) is 35.5. The lowest BCUT2D eigenvalue weighted by Crippen LogP contribution is -2.61. The molecule has 6 N–H and O–H groups in total. The predicted octanol–water partition coefficient (Wildman–Crippen LogP) is 14.8. The molecule has 432 valence electrons. The van der Waals surface area contributed by atoms with Crippen molar-refractivity contribution in [2.24, 2.45) is 0 Å². The van der Waals surface area contributed by atoms with Gasteiger partial charge in [0, 0.05) is 6.42 Å². The number of unbranched alkanes of at least 4 members (excludes halogenated alkanes) is 40. The summed E-state index contributed by atoms with van der Waals surface area (Å²) < 4.78 is 47.9. The molecule has 0 aromatic rings. The van der Waals surface area contributed by atoms with Crippen molar-refractivity contribution in [1.82, 2.24) is 5.32 Å². The SMILES string of the molecule is CCCCCCCCCCCCC/C=C\CCCCCCCCCC(=O)NC(COC1OC(CO)C(O)C(OS(=O)(=O)O)C1O)C(O)/C=C/CCCCCCCCCCCCCCCCCCCCCCCC. The number of rotatable bonds is 54. The predicted molar refractivity (Wildman–Crippen MR) is 301 cm³/mol. The molecule has 73 heavy (non-hydrogen) atoms. The second kappa shape index (κ2) is 50.1. The van der Waals surface area contributed by atoms with Gasteiger partial charge in [-0.25, -0.2) is 4.18 Å². The topological polar surface area (TPSA) is 192 Å². The van der Waals surface area contributed by atoms with Gasteiger partial charge in [-0.3, -0.25) is 9.35 Å². The van der Waals surface area contributed by atoms with Crippen LogP contribution in [0.25, 0.3) is 0 Å². The first-order valence-corrected chi connectivity index (χ1v) is 32.1. The van der Waals surface area contributed by atoms with Crippen LogP contribution in [0.1, 0.15) is 296 Å². The molecular formula is C60H115NO11S. The average Bonchev–Trinajstić information content (AvgIpc) is 3.37. The van der Waals surface area contributed by atoms with Gasteiger partial charge in [0.15, 0.2) is 6.29 Å². The van der Waals surface area contributed by atoms with Crippen molar-refractivity contribution in [3.05, 3.63) is 24.3 Å². The smallest absolute Gasteiger partial charge is 0.394 e. The highest BCUT2D eigenvalue weighted by Gasteiger charge is 2.48. The number of hydrogen-bond donors (Lipinski definition) is 6. The van der Waals surface area contributed by atoms with Gasteiger partial charge in [-0.2, -0.15) is 8.42 Å². The molecule has 1 amide bonds. The van der Waals surface area contributed by atoms with Crippen molar-refractivity contribution in [1.29, 1.82) is 0 Å². The molecule has 0 aliphatic carbocycles. The summed E-state index contributed by atoms with van der Waals surface area (Å²) >= 11 is 0. The number of carbonyl (C=O) groups excluding carboxylic acids is 1. The maximum Gasteiger partial charge on any atom is 0.397 e. The number of nitrogens with one attached hydrogen (secondary N) is 1. The normalized spacial score (nSPS) is 19.4. The molecule has 1 rings (SSSR count). The zero-order chi connectivity index (χ0) is 53.3. The summed E-state index contributed by atoms with van der Waals surface area (Å²) in [6.07, 6.45) is 53.7. The molecule has 0 spiro atoms. The van der Waals surface area contributed by atoms with E-state index in [9.17, 15) is 38.2 Å². The van der Waals surface area contributed by atoms with E-state index >= 15 is 0 Å². The molecule has 1 fully saturated rings.